The molecule has 2 aliphatic heterocycles. The molecule has 150 valence electrons. The van der Waals surface area contributed by atoms with E-state index in [2.05, 4.69) is 9.88 Å². The van der Waals surface area contributed by atoms with Gasteiger partial charge in [-0.15, -0.1) is 12.4 Å². The van der Waals surface area contributed by atoms with Gasteiger partial charge in [0.15, 0.2) is 0 Å². The zero-order chi connectivity index (χ0) is 18.1. The van der Waals surface area contributed by atoms with E-state index in [0.29, 0.717) is 23.6 Å². The number of hydrogen-bond acceptors (Lipinski definition) is 5. The summed E-state index contributed by atoms with van der Waals surface area (Å²) in [6, 6.07) is 3.84. The van der Waals surface area contributed by atoms with Crippen molar-refractivity contribution >= 4 is 18.3 Å². The molecule has 0 radical (unpaired) electrons. The minimum Gasteiger partial charge on any atom is -0.377 e. The van der Waals surface area contributed by atoms with Crippen LogP contribution < -0.4 is 5.73 Å². The van der Waals surface area contributed by atoms with E-state index in [0.717, 1.165) is 44.6 Å². The van der Waals surface area contributed by atoms with Gasteiger partial charge in [-0.3, -0.25) is 14.7 Å². The molecule has 2 unspecified atom stereocenters. The highest BCUT2D eigenvalue weighted by Gasteiger charge is 2.53. The highest BCUT2D eigenvalue weighted by molar-refractivity contribution is 5.90. The van der Waals surface area contributed by atoms with Crippen LogP contribution >= 0.6 is 12.4 Å². The van der Waals surface area contributed by atoms with Gasteiger partial charge in [-0.1, -0.05) is 6.42 Å². The number of halogens is 1. The Bertz CT molecular complexity index is 652. The molecule has 2 bridgehead atoms. The van der Waals surface area contributed by atoms with Crippen molar-refractivity contribution in [2.45, 2.75) is 43.8 Å². The van der Waals surface area contributed by atoms with Crippen LogP contribution in [0.5, 0.6) is 0 Å². The molecule has 27 heavy (non-hydrogen) atoms. The van der Waals surface area contributed by atoms with Gasteiger partial charge in [-0.05, 0) is 43.4 Å². The molecule has 2 N–H and O–H groups in total. The standard InChI is InChI=1S/C20H29N3O3.ClH/c1-25-20(14-7-8-22-18(10-14)19(21)24)15-4-2-5-16(20)12-23(11-15)13-17-6-3-9-26-17;/h7-8,10,15-17H,2-6,9,11-13H2,1H3,(H2,21,24);1H/t15-,16+,17?,20?;. The first kappa shape index (κ1) is 20.5. The molecule has 1 saturated carbocycles. The highest BCUT2D eigenvalue weighted by atomic mass is 35.5. The molecule has 1 aromatic rings. The number of ether oxygens (including phenoxy) is 2. The van der Waals surface area contributed by atoms with Gasteiger partial charge in [-0.25, -0.2) is 0 Å². The minimum absolute atomic E-state index is 0. The zero-order valence-corrected chi connectivity index (χ0v) is 16.7. The molecule has 3 fully saturated rings. The lowest BCUT2D eigenvalue weighted by Gasteiger charge is -2.55. The monoisotopic (exact) mass is 395 g/mol. The minimum atomic E-state index is -0.487. The molecule has 1 aliphatic carbocycles. The smallest absolute Gasteiger partial charge is 0.267 e. The second-order valence-electron chi connectivity index (χ2n) is 7.97. The molecule has 3 aliphatic rings. The number of fused-ring (bicyclic) bond motifs is 2. The van der Waals surface area contributed by atoms with E-state index in [4.69, 9.17) is 15.2 Å². The van der Waals surface area contributed by atoms with E-state index in [1.54, 1.807) is 6.20 Å². The van der Waals surface area contributed by atoms with Crippen LogP contribution in [0.15, 0.2) is 18.3 Å². The van der Waals surface area contributed by atoms with Crippen LogP contribution in [0, 0.1) is 11.8 Å². The molecular formula is C20H30ClN3O3. The molecule has 4 atom stereocenters. The molecule has 2 saturated heterocycles. The lowest BCUT2D eigenvalue weighted by Crippen LogP contribution is -2.59. The molecule has 7 heteroatoms. The largest absolute Gasteiger partial charge is 0.377 e. The van der Waals surface area contributed by atoms with Crippen LogP contribution in [-0.2, 0) is 15.1 Å². The van der Waals surface area contributed by atoms with Crippen LogP contribution in [0.4, 0.5) is 0 Å². The van der Waals surface area contributed by atoms with Gasteiger partial charge in [0.2, 0.25) is 0 Å². The fourth-order valence-corrected chi connectivity index (χ4v) is 5.48. The van der Waals surface area contributed by atoms with Crippen molar-refractivity contribution in [1.29, 1.82) is 0 Å². The van der Waals surface area contributed by atoms with Crippen LogP contribution in [0.1, 0.15) is 48.2 Å². The number of amides is 1. The molecule has 0 spiro atoms. The first-order chi connectivity index (χ1) is 12.6. The zero-order valence-electron chi connectivity index (χ0n) is 15.9. The summed E-state index contributed by atoms with van der Waals surface area (Å²) in [5.74, 6) is 0.327. The summed E-state index contributed by atoms with van der Waals surface area (Å²) in [7, 11) is 1.81. The van der Waals surface area contributed by atoms with E-state index in [1.165, 1.54) is 19.3 Å². The van der Waals surface area contributed by atoms with Crippen molar-refractivity contribution in [3.8, 4) is 0 Å². The summed E-state index contributed by atoms with van der Waals surface area (Å²) in [6.07, 6.45) is 7.94. The van der Waals surface area contributed by atoms with Gasteiger partial charge in [-0.2, -0.15) is 0 Å². The molecule has 4 rings (SSSR count). The Labute approximate surface area is 167 Å². The third-order valence-corrected chi connectivity index (χ3v) is 6.56. The lowest BCUT2D eigenvalue weighted by molar-refractivity contribution is -0.171. The number of likely N-dealkylation sites (tertiary alicyclic amines) is 1. The SMILES string of the molecule is COC1(c2ccnc(C(N)=O)c2)[C@@H]2CCC[C@H]1CN(CC1CCCO1)C2.Cl. The molecule has 1 amide bonds. The van der Waals surface area contributed by atoms with Gasteiger partial charge in [0.25, 0.3) is 5.91 Å². The fraction of sp³-hybridized carbons (Fsp3) is 0.700. The summed E-state index contributed by atoms with van der Waals surface area (Å²) >= 11 is 0. The molecule has 1 aromatic heterocycles. The number of aromatic nitrogens is 1. The van der Waals surface area contributed by atoms with Crippen molar-refractivity contribution in [3.05, 3.63) is 29.6 Å². The van der Waals surface area contributed by atoms with E-state index >= 15 is 0 Å². The normalized spacial score (nSPS) is 33.4. The fourth-order valence-electron chi connectivity index (χ4n) is 5.48. The predicted molar refractivity (Wildman–Crippen MR) is 105 cm³/mol. The maximum atomic E-state index is 11.6. The quantitative estimate of drug-likeness (QED) is 0.828. The number of methoxy groups -OCH3 is 1. The van der Waals surface area contributed by atoms with Crippen molar-refractivity contribution < 1.29 is 14.3 Å². The summed E-state index contributed by atoms with van der Waals surface area (Å²) in [5, 5.41) is 0. The molecular weight excluding hydrogens is 366 g/mol. The van der Waals surface area contributed by atoms with Gasteiger partial charge >= 0.3 is 0 Å². The maximum absolute atomic E-state index is 11.6. The number of pyridine rings is 1. The topological polar surface area (TPSA) is 77.7 Å². The number of rotatable bonds is 5. The molecule has 0 aromatic carbocycles. The van der Waals surface area contributed by atoms with Crippen LogP contribution in [-0.4, -0.2) is 55.2 Å². The predicted octanol–water partition coefficient (Wildman–Crippen LogP) is 2.35. The highest BCUT2D eigenvalue weighted by Crippen LogP contribution is 2.51. The maximum Gasteiger partial charge on any atom is 0.267 e. The number of carbonyl (C=O) groups excluding carboxylic acids is 1. The Hall–Kier alpha value is -1.21. The third-order valence-electron chi connectivity index (χ3n) is 6.56. The van der Waals surface area contributed by atoms with Gasteiger partial charge in [0.05, 0.1) is 6.10 Å². The van der Waals surface area contributed by atoms with Crippen LogP contribution in [0.25, 0.3) is 0 Å². The third kappa shape index (κ3) is 3.73. The van der Waals surface area contributed by atoms with Crippen LogP contribution in [0.3, 0.4) is 0 Å². The van der Waals surface area contributed by atoms with E-state index in [-0.39, 0.29) is 18.0 Å². The van der Waals surface area contributed by atoms with Gasteiger partial charge in [0.1, 0.15) is 11.3 Å². The first-order valence-corrected chi connectivity index (χ1v) is 9.79. The Kier molecular flexibility index (Phi) is 6.41. The average Bonchev–Trinajstić information content (AvgIpc) is 3.14. The van der Waals surface area contributed by atoms with Crippen LogP contribution in [0.2, 0.25) is 0 Å². The second kappa shape index (κ2) is 8.43. The number of primary amides is 1. The summed E-state index contributed by atoms with van der Waals surface area (Å²) < 4.78 is 12.1. The van der Waals surface area contributed by atoms with Crippen molar-refractivity contribution in [2.75, 3.05) is 33.4 Å². The van der Waals surface area contributed by atoms with Crippen molar-refractivity contribution in [2.24, 2.45) is 17.6 Å². The van der Waals surface area contributed by atoms with Crippen molar-refractivity contribution in [1.82, 2.24) is 9.88 Å². The molecule has 3 heterocycles. The number of carbonyl (C=O) groups is 1. The number of nitrogens with two attached hydrogens (primary N) is 1. The van der Waals surface area contributed by atoms with Gasteiger partial charge in [0, 0.05) is 51.4 Å². The Balaban J connectivity index is 0.00000210. The summed E-state index contributed by atoms with van der Waals surface area (Å²) in [5.41, 5.74) is 6.48. The van der Waals surface area contributed by atoms with Gasteiger partial charge < -0.3 is 15.2 Å². The Morgan fingerprint density at radius 1 is 1.33 bits per heavy atom. The number of hydrogen-bond donors (Lipinski definition) is 1. The van der Waals surface area contributed by atoms with E-state index < -0.39 is 5.91 Å². The lowest BCUT2D eigenvalue weighted by atomic mass is 9.62. The number of piperidine rings is 1. The Morgan fingerprint density at radius 3 is 2.67 bits per heavy atom. The summed E-state index contributed by atoms with van der Waals surface area (Å²) in [6.45, 7) is 3.95. The number of nitrogens with zero attached hydrogens (tertiary/aromatic N) is 2. The second-order valence-corrected chi connectivity index (χ2v) is 7.97. The van der Waals surface area contributed by atoms with Crippen molar-refractivity contribution in [3.63, 3.8) is 0 Å². The average molecular weight is 396 g/mol. The first-order valence-electron chi connectivity index (χ1n) is 9.79. The molecule has 6 nitrogen and oxygen atoms in total. The Morgan fingerprint density at radius 2 is 2.07 bits per heavy atom. The summed E-state index contributed by atoms with van der Waals surface area (Å²) in [4.78, 5) is 18.3. The van der Waals surface area contributed by atoms with E-state index in [1.807, 2.05) is 19.2 Å². The van der Waals surface area contributed by atoms with E-state index in [9.17, 15) is 4.79 Å².